The van der Waals surface area contributed by atoms with E-state index in [0.717, 1.165) is 12.8 Å². The Morgan fingerprint density at radius 3 is 3.00 bits per heavy atom. The number of carbonyl (C=O) groups excluding carboxylic acids is 1. The number of amides is 1. The van der Waals surface area contributed by atoms with Crippen molar-refractivity contribution < 1.29 is 9.90 Å². The first-order valence-corrected chi connectivity index (χ1v) is 5.19. The second kappa shape index (κ2) is 4.40. The van der Waals surface area contributed by atoms with Crippen molar-refractivity contribution in [3.63, 3.8) is 0 Å². The van der Waals surface area contributed by atoms with Crippen LogP contribution in [0.25, 0.3) is 0 Å². The number of aliphatic hydroxyl groups is 1. The molecular formula is C11H14N2O2. The average molecular weight is 206 g/mol. The molecule has 1 aliphatic heterocycles. The van der Waals surface area contributed by atoms with E-state index in [1.807, 2.05) is 0 Å². The summed E-state index contributed by atoms with van der Waals surface area (Å²) in [5.41, 5.74) is 0.401. The largest absolute Gasteiger partial charge is 0.374 e. The molecule has 1 saturated heterocycles. The van der Waals surface area contributed by atoms with E-state index >= 15 is 0 Å². The van der Waals surface area contributed by atoms with Gasteiger partial charge < -0.3 is 10.0 Å². The third kappa shape index (κ3) is 2.15. The van der Waals surface area contributed by atoms with Crippen LogP contribution in [0.4, 0.5) is 0 Å². The maximum absolute atomic E-state index is 11.9. The highest BCUT2D eigenvalue weighted by Gasteiger charge is 2.25. The van der Waals surface area contributed by atoms with E-state index in [9.17, 15) is 9.90 Å². The number of pyridine rings is 1. The van der Waals surface area contributed by atoms with Crippen molar-refractivity contribution >= 4 is 5.91 Å². The van der Waals surface area contributed by atoms with E-state index in [-0.39, 0.29) is 5.91 Å². The number of carbonyl (C=O) groups is 1. The van der Waals surface area contributed by atoms with Crippen LogP contribution < -0.4 is 0 Å². The van der Waals surface area contributed by atoms with Gasteiger partial charge in [-0.05, 0) is 31.4 Å². The lowest BCUT2D eigenvalue weighted by atomic mass is 10.1. The van der Waals surface area contributed by atoms with Crippen LogP contribution in [0.5, 0.6) is 0 Å². The van der Waals surface area contributed by atoms with Gasteiger partial charge in [-0.2, -0.15) is 0 Å². The van der Waals surface area contributed by atoms with Gasteiger partial charge in [0.15, 0.2) is 0 Å². The summed E-state index contributed by atoms with van der Waals surface area (Å²) in [5.74, 6) is -0.178. The van der Waals surface area contributed by atoms with Crippen molar-refractivity contribution in [2.45, 2.75) is 25.5 Å². The van der Waals surface area contributed by atoms with Crippen molar-refractivity contribution in [3.05, 3.63) is 30.1 Å². The maximum atomic E-state index is 11.9. The first kappa shape index (κ1) is 10.1. The predicted octanol–water partition coefficient (Wildman–Crippen LogP) is 1.03. The molecule has 80 valence electrons. The van der Waals surface area contributed by atoms with Gasteiger partial charge >= 0.3 is 0 Å². The minimum atomic E-state index is -0.645. The monoisotopic (exact) mass is 206 g/mol. The molecule has 4 nitrogen and oxygen atoms in total. The number of piperidine rings is 1. The molecule has 4 heteroatoms. The SMILES string of the molecule is O=C(c1ccccn1)N1CCCCC1O. The topological polar surface area (TPSA) is 53.4 Å². The zero-order valence-corrected chi connectivity index (χ0v) is 8.47. The zero-order valence-electron chi connectivity index (χ0n) is 8.47. The molecule has 0 aliphatic carbocycles. The number of likely N-dealkylation sites (tertiary alicyclic amines) is 1. The fraction of sp³-hybridized carbons (Fsp3) is 0.455. The van der Waals surface area contributed by atoms with E-state index in [0.29, 0.717) is 18.7 Å². The number of aliphatic hydroxyl groups excluding tert-OH is 1. The van der Waals surface area contributed by atoms with Gasteiger partial charge in [0.25, 0.3) is 5.91 Å². The normalized spacial score (nSPS) is 21.4. The number of rotatable bonds is 1. The van der Waals surface area contributed by atoms with E-state index in [4.69, 9.17) is 0 Å². The molecule has 2 rings (SSSR count). The summed E-state index contributed by atoms with van der Waals surface area (Å²) in [6, 6.07) is 5.21. The molecule has 1 aliphatic rings. The molecule has 0 saturated carbocycles. The molecule has 1 unspecified atom stereocenters. The van der Waals surface area contributed by atoms with Gasteiger partial charge in [-0.25, -0.2) is 0 Å². The fourth-order valence-electron chi connectivity index (χ4n) is 1.79. The molecule has 1 aromatic rings. The number of aromatic nitrogens is 1. The predicted molar refractivity (Wildman–Crippen MR) is 55.1 cm³/mol. The molecule has 1 aromatic heterocycles. The van der Waals surface area contributed by atoms with Crippen molar-refractivity contribution in [2.75, 3.05) is 6.54 Å². The van der Waals surface area contributed by atoms with Crippen LogP contribution in [0.15, 0.2) is 24.4 Å². The highest BCUT2D eigenvalue weighted by atomic mass is 16.3. The molecular weight excluding hydrogens is 192 g/mol. The fourth-order valence-corrected chi connectivity index (χ4v) is 1.79. The van der Waals surface area contributed by atoms with Gasteiger partial charge in [0.05, 0.1) is 0 Å². The molecule has 0 bridgehead atoms. The van der Waals surface area contributed by atoms with Crippen molar-refractivity contribution in [1.82, 2.24) is 9.88 Å². The van der Waals surface area contributed by atoms with Gasteiger partial charge in [0, 0.05) is 12.7 Å². The maximum Gasteiger partial charge on any atom is 0.274 e. The quantitative estimate of drug-likeness (QED) is 0.746. The van der Waals surface area contributed by atoms with Crippen LogP contribution in [0.3, 0.4) is 0 Å². The van der Waals surface area contributed by atoms with Crippen molar-refractivity contribution in [3.8, 4) is 0 Å². The Labute approximate surface area is 88.6 Å². The Morgan fingerprint density at radius 2 is 2.33 bits per heavy atom. The smallest absolute Gasteiger partial charge is 0.274 e. The summed E-state index contributed by atoms with van der Waals surface area (Å²) < 4.78 is 0. The third-order valence-electron chi connectivity index (χ3n) is 2.62. The van der Waals surface area contributed by atoms with E-state index in [2.05, 4.69) is 4.98 Å². The zero-order chi connectivity index (χ0) is 10.7. The number of hydrogen-bond acceptors (Lipinski definition) is 3. The summed E-state index contributed by atoms with van der Waals surface area (Å²) in [5, 5.41) is 9.68. The Bertz CT molecular complexity index is 340. The average Bonchev–Trinajstić information content (AvgIpc) is 2.30. The van der Waals surface area contributed by atoms with Crippen molar-refractivity contribution in [1.29, 1.82) is 0 Å². The Kier molecular flexibility index (Phi) is 2.97. The van der Waals surface area contributed by atoms with Gasteiger partial charge in [0.2, 0.25) is 0 Å². The lowest BCUT2D eigenvalue weighted by Gasteiger charge is -2.31. The van der Waals surface area contributed by atoms with E-state index < -0.39 is 6.23 Å². The molecule has 1 fully saturated rings. The highest BCUT2D eigenvalue weighted by Crippen LogP contribution is 2.16. The lowest BCUT2D eigenvalue weighted by Crippen LogP contribution is -2.43. The van der Waals surface area contributed by atoms with Crippen LogP contribution >= 0.6 is 0 Å². The van der Waals surface area contributed by atoms with E-state index in [1.54, 1.807) is 24.4 Å². The summed E-state index contributed by atoms with van der Waals surface area (Å²) in [4.78, 5) is 17.4. The first-order chi connectivity index (χ1) is 7.29. The second-order valence-corrected chi connectivity index (χ2v) is 3.69. The Morgan fingerprint density at radius 1 is 1.47 bits per heavy atom. The molecule has 15 heavy (non-hydrogen) atoms. The van der Waals surface area contributed by atoms with Gasteiger partial charge in [-0.1, -0.05) is 6.07 Å². The van der Waals surface area contributed by atoms with Crippen LogP contribution in [0, 0.1) is 0 Å². The van der Waals surface area contributed by atoms with Crippen LogP contribution in [0.1, 0.15) is 29.8 Å². The number of nitrogens with zero attached hydrogens (tertiary/aromatic N) is 2. The molecule has 0 radical (unpaired) electrons. The van der Waals surface area contributed by atoms with Gasteiger partial charge in [0.1, 0.15) is 11.9 Å². The molecule has 2 heterocycles. The first-order valence-electron chi connectivity index (χ1n) is 5.19. The molecule has 1 N–H and O–H groups in total. The van der Waals surface area contributed by atoms with Crippen LogP contribution in [-0.2, 0) is 0 Å². The van der Waals surface area contributed by atoms with E-state index in [1.165, 1.54) is 4.90 Å². The van der Waals surface area contributed by atoms with Crippen LogP contribution in [-0.4, -0.2) is 33.7 Å². The molecule has 1 amide bonds. The highest BCUT2D eigenvalue weighted by molar-refractivity contribution is 5.92. The lowest BCUT2D eigenvalue weighted by molar-refractivity contribution is -0.0123. The summed E-state index contributed by atoms with van der Waals surface area (Å²) in [7, 11) is 0. The molecule has 0 spiro atoms. The Balaban J connectivity index is 2.13. The second-order valence-electron chi connectivity index (χ2n) is 3.69. The minimum absolute atomic E-state index is 0.178. The summed E-state index contributed by atoms with van der Waals surface area (Å²) >= 11 is 0. The minimum Gasteiger partial charge on any atom is -0.374 e. The summed E-state index contributed by atoms with van der Waals surface area (Å²) in [6.45, 7) is 0.622. The molecule has 1 atom stereocenters. The summed E-state index contributed by atoms with van der Waals surface area (Å²) in [6.07, 6.45) is 3.54. The van der Waals surface area contributed by atoms with Crippen molar-refractivity contribution in [2.24, 2.45) is 0 Å². The van der Waals surface area contributed by atoms with Crippen LogP contribution in [0.2, 0.25) is 0 Å². The molecule has 0 aromatic carbocycles. The standard InChI is InChI=1S/C11H14N2O2/c14-10-6-2-4-8-13(10)11(15)9-5-1-3-7-12-9/h1,3,5,7,10,14H,2,4,6,8H2. The third-order valence-corrected chi connectivity index (χ3v) is 2.62. The van der Waals surface area contributed by atoms with Gasteiger partial charge in [-0.3, -0.25) is 9.78 Å². The number of hydrogen-bond donors (Lipinski definition) is 1. The van der Waals surface area contributed by atoms with Gasteiger partial charge in [-0.15, -0.1) is 0 Å². The Hall–Kier alpha value is -1.42.